The molecule has 3 aromatic carbocycles. The highest BCUT2D eigenvalue weighted by Gasteiger charge is 2.45. The van der Waals surface area contributed by atoms with E-state index >= 15 is 0 Å². The number of aromatic nitrogens is 1. The molecule has 9 heteroatoms. The summed E-state index contributed by atoms with van der Waals surface area (Å²) in [5.41, 5.74) is 2.02. The number of para-hydroxylation sites is 1. The van der Waals surface area contributed by atoms with Crippen LogP contribution in [0.4, 0.5) is 19.3 Å². The number of fused-ring (bicyclic) bond motifs is 3. The van der Waals surface area contributed by atoms with Crippen molar-refractivity contribution in [3.05, 3.63) is 94.6 Å². The van der Waals surface area contributed by atoms with Gasteiger partial charge in [0.1, 0.15) is 17.2 Å². The van der Waals surface area contributed by atoms with Gasteiger partial charge in [-0.2, -0.15) is 0 Å². The van der Waals surface area contributed by atoms with E-state index in [4.69, 9.17) is 16.3 Å². The van der Waals surface area contributed by atoms with Gasteiger partial charge in [-0.3, -0.25) is 10.1 Å². The van der Waals surface area contributed by atoms with Crippen LogP contribution in [-0.4, -0.2) is 34.6 Å². The van der Waals surface area contributed by atoms with Crippen LogP contribution in [0, 0.1) is 11.6 Å². The van der Waals surface area contributed by atoms with Gasteiger partial charge < -0.3 is 14.2 Å². The van der Waals surface area contributed by atoms with Crippen molar-refractivity contribution in [2.75, 3.05) is 18.4 Å². The Morgan fingerprint density at radius 1 is 1.00 bits per heavy atom. The van der Waals surface area contributed by atoms with Gasteiger partial charge in [0.05, 0.1) is 22.5 Å². The molecule has 1 aromatic heterocycles. The van der Waals surface area contributed by atoms with E-state index in [0.717, 1.165) is 17.3 Å². The van der Waals surface area contributed by atoms with Crippen molar-refractivity contribution in [3.63, 3.8) is 0 Å². The van der Waals surface area contributed by atoms with E-state index in [-0.39, 0.29) is 11.6 Å². The first-order valence-electron chi connectivity index (χ1n) is 11.5. The number of carbonyl (C=O) groups excluding carboxylic acids is 2. The first-order valence-corrected chi connectivity index (χ1v) is 11.9. The Hall–Kier alpha value is -3.91. The number of likely N-dealkylation sites (tertiary alicyclic amines) is 1. The maximum atomic E-state index is 14.0. The fourth-order valence-electron chi connectivity index (χ4n) is 5.23. The van der Waals surface area contributed by atoms with Gasteiger partial charge in [-0.25, -0.2) is 13.6 Å². The highest BCUT2D eigenvalue weighted by molar-refractivity contribution is 6.31. The Bertz CT molecular complexity index is 1520. The number of ether oxygens (including phenoxy) is 1. The quantitative estimate of drug-likeness (QED) is 0.348. The molecule has 1 fully saturated rings. The summed E-state index contributed by atoms with van der Waals surface area (Å²) < 4.78 is 35.3. The van der Waals surface area contributed by atoms with E-state index in [1.165, 1.54) is 12.1 Å². The Morgan fingerprint density at radius 2 is 1.72 bits per heavy atom. The molecule has 0 aliphatic carbocycles. The van der Waals surface area contributed by atoms with Gasteiger partial charge in [-0.1, -0.05) is 35.9 Å². The highest BCUT2D eigenvalue weighted by atomic mass is 35.5. The number of hydrogen-bond acceptors (Lipinski definition) is 3. The third-order valence-corrected chi connectivity index (χ3v) is 7.16. The van der Waals surface area contributed by atoms with Gasteiger partial charge in [-0.05, 0) is 30.3 Å². The second-order valence-corrected chi connectivity index (χ2v) is 9.48. The Kier molecular flexibility index (Phi) is 5.22. The van der Waals surface area contributed by atoms with Gasteiger partial charge in [0.2, 0.25) is 0 Å². The molecule has 1 saturated heterocycles. The third kappa shape index (κ3) is 3.69. The van der Waals surface area contributed by atoms with Gasteiger partial charge in [0.15, 0.2) is 0 Å². The molecular weight excluding hydrogens is 488 g/mol. The van der Waals surface area contributed by atoms with Crippen LogP contribution in [0.3, 0.4) is 0 Å². The van der Waals surface area contributed by atoms with Crippen LogP contribution in [-0.2, 0) is 10.3 Å². The zero-order chi connectivity index (χ0) is 25.0. The predicted molar refractivity (Wildman–Crippen MR) is 132 cm³/mol. The average Bonchev–Trinajstić information content (AvgIpc) is 3.22. The van der Waals surface area contributed by atoms with Crippen molar-refractivity contribution >= 4 is 40.2 Å². The van der Waals surface area contributed by atoms with Crippen molar-refractivity contribution < 1.29 is 23.1 Å². The molecular formula is C27H20ClF2N3O3. The van der Waals surface area contributed by atoms with Crippen LogP contribution in [0.5, 0.6) is 0 Å². The van der Waals surface area contributed by atoms with Crippen molar-refractivity contribution in [1.82, 2.24) is 9.47 Å². The second-order valence-electron chi connectivity index (χ2n) is 9.05. The SMILES string of the molecule is O=C1Nc2ccccc2C2(CCN(C(=O)c3cn(-c4cc(F)cc(F)c4)c4cc(Cl)ccc34)CC2)O1. The standard InChI is InChI=1S/C27H20ClF2N3O3/c28-16-5-6-20-21(15-33(24(20)11-16)19-13-17(29)12-18(30)14-19)25(34)32-9-7-27(8-10-32)22-3-1-2-4-23(22)31-26(35)36-27/h1-6,11-15H,7-10H2,(H,31,35). The van der Waals surface area contributed by atoms with E-state index in [9.17, 15) is 18.4 Å². The lowest BCUT2D eigenvalue weighted by atomic mass is 9.82. The number of piperidine rings is 1. The molecule has 2 aliphatic rings. The van der Waals surface area contributed by atoms with Crippen LogP contribution < -0.4 is 5.32 Å². The largest absolute Gasteiger partial charge is 0.438 e. The Morgan fingerprint density at radius 3 is 2.47 bits per heavy atom. The summed E-state index contributed by atoms with van der Waals surface area (Å²) in [5.74, 6) is -1.67. The van der Waals surface area contributed by atoms with Gasteiger partial charge in [0.25, 0.3) is 5.91 Å². The molecule has 2 amide bonds. The lowest BCUT2D eigenvalue weighted by Gasteiger charge is -2.44. The smallest absolute Gasteiger partial charge is 0.412 e. The molecule has 0 bridgehead atoms. The number of halogens is 3. The van der Waals surface area contributed by atoms with Crippen LogP contribution in [0.25, 0.3) is 16.6 Å². The molecule has 6 rings (SSSR count). The number of rotatable bonds is 2. The number of nitrogens with zero attached hydrogens (tertiary/aromatic N) is 2. The summed E-state index contributed by atoms with van der Waals surface area (Å²) in [7, 11) is 0. The van der Waals surface area contributed by atoms with Gasteiger partial charge >= 0.3 is 6.09 Å². The normalized spacial score (nSPS) is 16.5. The average molecular weight is 508 g/mol. The maximum absolute atomic E-state index is 14.0. The molecule has 0 atom stereocenters. The third-order valence-electron chi connectivity index (χ3n) is 6.92. The van der Waals surface area contributed by atoms with Gasteiger partial charge in [0, 0.05) is 54.2 Å². The molecule has 6 nitrogen and oxygen atoms in total. The predicted octanol–water partition coefficient (Wildman–Crippen LogP) is 6.26. The molecule has 1 spiro atoms. The van der Waals surface area contributed by atoms with E-state index in [2.05, 4.69) is 5.32 Å². The molecule has 3 heterocycles. The maximum Gasteiger partial charge on any atom is 0.412 e. The summed E-state index contributed by atoms with van der Waals surface area (Å²) >= 11 is 6.21. The lowest BCUT2D eigenvalue weighted by molar-refractivity contribution is -0.0331. The van der Waals surface area contributed by atoms with Crippen LogP contribution in [0.2, 0.25) is 5.02 Å². The molecule has 0 saturated carbocycles. The first kappa shape index (κ1) is 22.5. The number of anilines is 1. The molecule has 0 unspecified atom stereocenters. The van der Waals surface area contributed by atoms with Gasteiger partial charge in [-0.15, -0.1) is 0 Å². The first-order chi connectivity index (χ1) is 17.3. The monoisotopic (exact) mass is 507 g/mol. The summed E-state index contributed by atoms with van der Waals surface area (Å²) in [6.45, 7) is 0.741. The topological polar surface area (TPSA) is 63.6 Å². The van der Waals surface area contributed by atoms with Crippen LogP contribution in [0.1, 0.15) is 28.8 Å². The van der Waals surface area contributed by atoms with E-state index in [1.54, 1.807) is 33.9 Å². The molecule has 0 radical (unpaired) electrons. The Balaban J connectivity index is 1.34. The number of benzene rings is 3. The summed E-state index contributed by atoms with van der Waals surface area (Å²) in [6, 6.07) is 15.8. The lowest BCUT2D eigenvalue weighted by Crippen LogP contribution is -2.49. The minimum Gasteiger partial charge on any atom is -0.438 e. The highest BCUT2D eigenvalue weighted by Crippen LogP contribution is 2.43. The Labute approximate surface area is 210 Å². The zero-order valence-corrected chi connectivity index (χ0v) is 19.7. The minimum atomic E-state index is -0.795. The summed E-state index contributed by atoms with van der Waals surface area (Å²) in [4.78, 5) is 27.6. The zero-order valence-electron chi connectivity index (χ0n) is 18.9. The number of carbonyl (C=O) groups is 2. The summed E-state index contributed by atoms with van der Waals surface area (Å²) in [5, 5.41) is 3.79. The van der Waals surface area contributed by atoms with Crippen molar-refractivity contribution in [3.8, 4) is 5.69 Å². The second kappa shape index (κ2) is 8.34. The molecule has 182 valence electrons. The van der Waals surface area contributed by atoms with Crippen LogP contribution >= 0.6 is 11.6 Å². The van der Waals surface area contributed by atoms with Crippen LogP contribution in [0.15, 0.2) is 66.9 Å². The number of nitrogens with one attached hydrogen (secondary N) is 1. The van der Waals surface area contributed by atoms with E-state index < -0.39 is 23.3 Å². The van der Waals surface area contributed by atoms with E-state index in [1.807, 2.05) is 24.3 Å². The molecule has 4 aromatic rings. The van der Waals surface area contributed by atoms with Crippen molar-refractivity contribution in [2.24, 2.45) is 0 Å². The van der Waals surface area contributed by atoms with E-state index in [0.29, 0.717) is 47.4 Å². The minimum absolute atomic E-state index is 0.221. The van der Waals surface area contributed by atoms with Crippen molar-refractivity contribution in [1.29, 1.82) is 0 Å². The fraction of sp³-hybridized carbons (Fsp3) is 0.185. The molecule has 2 aliphatic heterocycles. The molecule has 36 heavy (non-hydrogen) atoms. The van der Waals surface area contributed by atoms with Crippen molar-refractivity contribution in [2.45, 2.75) is 18.4 Å². The number of amides is 2. The summed E-state index contributed by atoms with van der Waals surface area (Å²) in [6.07, 6.45) is 1.98. The molecule has 1 N–H and O–H groups in total. The fourth-order valence-corrected chi connectivity index (χ4v) is 5.40. The number of hydrogen-bond donors (Lipinski definition) is 1.